The summed E-state index contributed by atoms with van der Waals surface area (Å²) >= 11 is 0. The van der Waals surface area contributed by atoms with E-state index in [1.165, 1.54) is 16.6 Å². The van der Waals surface area contributed by atoms with Crippen LogP contribution < -0.4 is 0 Å². The van der Waals surface area contributed by atoms with E-state index in [1.54, 1.807) is 96.3 Å². The number of hydrogen-bond donors (Lipinski definition) is 0. The van der Waals surface area contributed by atoms with Gasteiger partial charge >= 0.3 is 0 Å². The predicted molar refractivity (Wildman–Crippen MR) is 101 cm³/mol. The van der Waals surface area contributed by atoms with Gasteiger partial charge in [0.25, 0.3) is 0 Å². The van der Waals surface area contributed by atoms with Gasteiger partial charge in [0, 0.05) is 16.6 Å². The highest BCUT2D eigenvalue weighted by molar-refractivity contribution is 7.26. The minimum Gasteiger partial charge on any atom is -0.0766 e. The molecule has 0 aromatic carbocycles. The van der Waals surface area contributed by atoms with Gasteiger partial charge in [-0.3, -0.25) is 0 Å². The molecule has 0 bridgehead atoms. The van der Waals surface area contributed by atoms with Crippen molar-refractivity contribution in [1.82, 2.24) is 0 Å². The monoisotopic (exact) mass is 322 g/mol. The zero-order chi connectivity index (χ0) is 14.5. The molecule has 0 aromatic rings. The molecule has 2 heteroatoms. The summed E-state index contributed by atoms with van der Waals surface area (Å²) in [5.74, 6) is 0. The van der Waals surface area contributed by atoms with E-state index in [9.17, 15) is 0 Å². The molecule has 0 aliphatic heterocycles. The fourth-order valence-corrected chi connectivity index (χ4v) is 23.8. The Labute approximate surface area is 136 Å². The van der Waals surface area contributed by atoms with Crippen LogP contribution in [0.5, 0.6) is 0 Å². The molecule has 0 atom stereocenters. The summed E-state index contributed by atoms with van der Waals surface area (Å²) < 4.78 is 0. The molecule has 0 radical (unpaired) electrons. The third-order valence-electron chi connectivity index (χ3n) is 7.71. The second-order valence-corrected chi connectivity index (χ2v) is 19.6. The minimum absolute atomic E-state index is 0.225. The quantitative estimate of drug-likeness (QED) is 0.544. The Kier molecular flexibility index (Phi) is 6.06. The maximum atomic E-state index is 2.77. The molecule has 21 heavy (non-hydrogen) atoms. The molecule has 0 heterocycles. The lowest BCUT2D eigenvalue weighted by Crippen LogP contribution is -2.55. The van der Waals surface area contributed by atoms with Crippen LogP contribution >= 0.6 is 0 Å². The van der Waals surface area contributed by atoms with Gasteiger partial charge in [-0.05, 0) is 16.6 Å². The topological polar surface area (TPSA) is 0 Å². The van der Waals surface area contributed by atoms with E-state index in [-0.39, 0.29) is 9.04 Å². The zero-order valence-electron chi connectivity index (χ0n) is 14.5. The molecule has 3 saturated carbocycles. The minimum atomic E-state index is -0.928. The Morgan fingerprint density at radius 2 is 0.810 bits per heavy atom. The molecule has 3 rings (SSSR count). The number of hydrogen-bond acceptors (Lipinski definition) is 0. The van der Waals surface area contributed by atoms with E-state index < -0.39 is 7.59 Å². The van der Waals surface area contributed by atoms with E-state index in [0.717, 1.165) is 0 Å². The van der Waals surface area contributed by atoms with Gasteiger partial charge in [-0.15, -0.1) is 0 Å². The Hall–Kier alpha value is 0.434. The van der Waals surface area contributed by atoms with Crippen LogP contribution in [0.4, 0.5) is 0 Å². The first-order chi connectivity index (χ1) is 10.4. The van der Waals surface area contributed by atoms with E-state index in [2.05, 4.69) is 6.55 Å². The average Bonchev–Trinajstić information content (AvgIpc) is 2.59. The first kappa shape index (κ1) is 16.3. The van der Waals surface area contributed by atoms with E-state index in [1.807, 2.05) is 0 Å². The van der Waals surface area contributed by atoms with Gasteiger partial charge in [0.05, 0.1) is 0 Å². The molecular weight excluding hydrogens is 284 g/mol. The highest BCUT2D eigenvalue weighted by Crippen LogP contribution is 2.56. The highest BCUT2D eigenvalue weighted by atomic mass is 29.2. The second-order valence-electron chi connectivity index (χ2n) is 8.47. The van der Waals surface area contributed by atoms with Crippen molar-refractivity contribution in [2.75, 3.05) is 0 Å². The first-order valence-corrected chi connectivity index (χ1v) is 16.4. The predicted octanol–water partition coefficient (Wildman–Crippen LogP) is 6.15. The fourth-order valence-electron chi connectivity index (χ4n) is 6.79. The molecule has 3 fully saturated rings. The van der Waals surface area contributed by atoms with Gasteiger partial charge in [0.2, 0.25) is 0 Å². The maximum Gasteiger partial charge on any atom is 0.0490 e. The summed E-state index contributed by atoms with van der Waals surface area (Å²) in [7, 11) is -0.703. The van der Waals surface area contributed by atoms with Crippen LogP contribution in [0, 0.1) is 0 Å². The third-order valence-corrected chi connectivity index (χ3v) is 24.1. The summed E-state index contributed by atoms with van der Waals surface area (Å²) in [5, 5.41) is 0. The van der Waals surface area contributed by atoms with Crippen molar-refractivity contribution in [1.29, 1.82) is 0 Å². The highest BCUT2D eigenvalue weighted by Gasteiger charge is 2.50. The lowest BCUT2D eigenvalue weighted by Gasteiger charge is -2.53. The molecule has 0 unspecified atom stereocenters. The number of rotatable bonds is 4. The van der Waals surface area contributed by atoms with E-state index in [4.69, 9.17) is 0 Å². The summed E-state index contributed by atoms with van der Waals surface area (Å²) in [5.41, 5.74) is 3.86. The summed E-state index contributed by atoms with van der Waals surface area (Å²) in [4.78, 5) is 0. The molecule has 0 spiro atoms. The van der Waals surface area contributed by atoms with Crippen LogP contribution in [-0.4, -0.2) is 16.6 Å². The molecule has 0 amide bonds. The SMILES string of the molecule is C[SiH2][Si](C1CCCCC1)(C1CCCCC1)C1CCCCC1. The van der Waals surface area contributed by atoms with Crippen LogP contribution in [-0.2, 0) is 0 Å². The van der Waals surface area contributed by atoms with Crippen molar-refractivity contribution in [2.45, 2.75) is 119 Å². The van der Waals surface area contributed by atoms with Crippen LogP contribution in [0.2, 0.25) is 23.2 Å². The van der Waals surface area contributed by atoms with Crippen molar-refractivity contribution in [2.24, 2.45) is 0 Å². The fraction of sp³-hybridized carbons (Fsp3) is 1.00. The van der Waals surface area contributed by atoms with Crippen molar-refractivity contribution in [3.05, 3.63) is 0 Å². The Morgan fingerprint density at radius 3 is 1.05 bits per heavy atom. The van der Waals surface area contributed by atoms with Crippen LogP contribution in [0.3, 0.4) is 0 Å². The van der Waals surface area contributed by atoms with Gasteiger partial charge < -0.3 is 0 Å². The Balaban J connectivity index is 1.85. The molecule has 0 N–H and O–H groups in total. The summed E-state index contributed by atoms with van der Waals surface area (Å²) in [6.45, 7) is 2.77. The van der Waals surface area contributed by atoms with Gasteiger partial charge in [-0.1, -0.05) is 103 Å². The van der Waals surface area contributed by atoms with Gasteiger partial charge in [-0.2, -0.15) is 0 Å². The van der Waals surface area contributed by atoms with Crippen molar-refractivity contribution >= 4 is 16.6 Å². The van der Waals surface area contributed by atoms with Gasteiger partial charge in [0.1, 0.15) is 0 Å². The molecule has 122 valence electrons. The third kappa shape index (κ3) is 3.36. The largest absolute Gasteiger partial charge is 0.0766 e. The standard InChI is InChI=1S/C19H38Si2/c1-20-21(17-11-5-2-6-12-17,18-13-7-3-8-14-18)19-15-9-4-10-16-19/h17-19H,2-16,20H2,1H3. The molecule has 0 saturated heterocycles. The molecular formula is C19H38Si2. The van der Waals surface area contributed by atoms with Gasteiger partial charge in [-0.25, -0.2) is 0 Å². The molecule has 0 aromatic heterocycles. The Bertz CT molecular complexity index is 251. The molecule has 3 aliphatic rings. The molecule has 0 nitrogen and oxygen atoms in total. The lowest BCUT2D eigenvalue weighted by atomic mass is 9.98. The van der Waals surface area contributed by atoms with Crippen LogP contribution in [0.15, 0.2) is 0 Å². The Morgan fingerprint density at radius 1 is 0.524 bits per heavy atom. The second kappa shape index (κ2) is 7.81. The smallest absolute Gasteiger partial charge is 0.0490 e. The van der Waals surface area contributed by atoms with E-state index in [0.29, 0.717) is 0 Å². The van der Waals surface area contributed by atoms with Gasteiger partial charge in [0.15, 0.2) is 0 Å². The van der Waals surface area contributed by atoms with Crippen molar-refractivity contribution < 1.29 is 0 Å². The van der Waals surface area contributed by atoms with Crippen LogP contribution in [0.25, 0.3) is 0 Å². The zero-order valence-corrected chi connectivity index (χ0v) is 17.0. The van der Waals surface area contributed by atoms with Crippen LogP contribution in [0.1, 0.15) is 96.3 Å². The lowest BCUT2D eigenvalue weighted by molar-refractivity contribution is 0.424. The average molecular weight is 323 g/mol. The van der Waals surface area contributed by atoms with Crippen molar-refractivity contribution in [3.63, 3.8) is 0 Å². The first-order valence-electron chi connectivity index (χ1n) is 10.4. The maximum absolute atomic E-state index is 2.77. The van der Waals surface area contributed by atoms with E-state index >= 15 is 0 Å². The molecule has 3 aliphatic carbocycles. The summed E-state index contributed by atoms with van der Waals surface area (Å²) in [6.07, 6.45) is 24.2. The van der Waals surface area contributed by atoms with Crippen molar-refractivity contribution in [3.8, 4) is 0 Å². The summed E-state index contributed by atoms with van der Waals surface area (Å²) in [6, 6.07) is 0. The normalized spacial score (nSPS) is 28.4.